The van der Waals surface area contributed by atoms with E-state index >= 15 is 0 Å². The van der Waals surface area contributed by atoms with Crippen LogP contribution in [0.4, 0.5) is 4.79 Å². The van der Waals surface area contributed by atoms with Gasteiger partial charge in [-0.25, -0.2) is 4.79 Å². The van der Waals surface area contributed by atoms with Crippen LogP contribution in [0.15, 0.2) is 18.3 Å². The first-order valence-corrected chi connectivity index (χ1v) is 6.06. The normalized spacial score (nSPS) is 16.6. The van der Waals surface area contributed by atoms with E-state index in [-0.39, 0.29) is 5.91 Å². The number of likely N-dealkylation sites (tertiary alicyclic amines) is 1. The van der Waals surface area contributed by atoms with Crippen LogP contribution in [0.1, 0.15) is 23.3 Å². The number of rotatable bonds is 3. The molecular weight excluding hydrogens is 234 g/mol. The molecule has 6 heteroatoms. The number of amides is 2. The van der Waals surface area contributed by atoms with Crippen LogP contribution < -0.4 is 5.32 Å². The van der Waals surface area contributed by atoms with E-state index in [4.69, 9.17) is 5.11 Å². The highest BCUT2D eigenvalue weighted by molar-refractivity contribution is 5.92. The van der Waals surface area contributed by atoms with Crippen LogP contribution in [0.2, 0.25) is 0 Å². The minimum Gasteiger partial charge on any atom is -0.465 e. The average molecular weight is 251 g/mol. The van der Waals surface area contributed by atoms with Crippen molar-refractivity contribution in [3.05, 3.63) is 24.0 Å². The molecule has 1 aliphatic rings. The molecule has 0 aromatic carbocycles. The smallest absolute Gasteiger partial charge is 0.407 e. The number of carboxylic acid groups (broad SMARTS) is 1. The summed E-state index contributed by atoms with van der Waals surface area (Å²) < 4.78 is 0. The van der Waals surface area contributed by atoms with Crippen molar-refractivity contribution in [1.29, 1.82) is 0 Å². The van der Waals surface area contributed by atoms with Gasteiger partial charge in [-0.3, -0.25) is 4.79 Å². The molecule has 98 valence electrons. The molecule has 3 N–H and O–H groups in total. The van der Waals surface area contributed by atoms with Gasteiger partial charge in [-0.05, 0) is 30.9 Å². The maximum absolute atomic E-state index is 11.7. The molecule has 2 heterocycles. The first kappa shape index (κ1) is 12.5. The minimum atomic E-state index is -0.858. The van der Waals surface area contributed by atoms with Crippen LogP contribution in [0.5, 0.6) is 0 Å². The van der Waals surface area contributed by atoms with E-state index in [1.807, 2.05) is 0 Å². The number of aromatic amines is 1. The lowest BCUT2D eigenvalue weighted by Crippen LogP contribution is -2.40. The molecule has 18 heavy (non-hydrogen) atoms. The van der Waals surface area contributed by atoms with Crippen LogP contribution in [0.3, 0.4) is 0 Å². The predicted molar refractivity (Wildman–Crippen MR) is 65.4 cm³/mol. The molecule has 1 saturated heterocycles. The summed E-state index contributed by atoms with van der Waals surface area (Å²) in [6.45, 7) is 1.71. The third kappa shape index (κ3) is 3.03. The molecule has 2 rings (SSSR count). The molecule has 1 aromatic heterocycles. The number of H-pyrrole nitrogens is 1. The second-order valence-corrected chi connectivity index (χ2v) is 4.51. The number of piperidine rings is 1. The van der Waals surface area contributed by atoms with Crippen LogP contribution >= 0.6 is 0 Å². The van der Waals surface area contributed by atoms with Crippen LogP contribution in [-0.2, 0) is 0 Å². The molecule has 1 aromatic rings. The topological polar surface area (TPSA) is 85.4 Å². The Hall–Kier alpha value is -1.98. The molecule has 6 nitrogen and oxygen atoms in total. The molecule has 0 saturated carbocycles. The number of nitrogens with zero attached hydrogens (tertiary/aromatic N) is 1. The number of hydrogen-bond acceptors (Lipinski definition) is 2. The van der Waals surface area contributed by atoms with Crippen molar-refractivity contribution >= 4 is 12.0 Å². The fraction of sp³-hybridized carbons (Fsp3) is 0.500. The fourth-order valence-corrected chi connectivity index (χ4v) is 2.13. The van der Waals surface area contributed by atoms with Crippen molar-refractivity contribution in [2.45, 2.75) is 12.8 Å². The lowest BCUT2D eigenvalue weighted by Gasteiger charge is -2.29. The monoisotopic (exact) mass is 251 g/mol. The molecule has 0 bridgehead atoms. The highest BCUT2D eigenvalue weighted by atomic mass is 16.4. The second kappa shape index (κ2) is 5.57. The highest BCUT2D eigenvalue weighted by Gasteiger charge is 2.22. The number of carbonyl (C=O) groups is 2. The van der Waals surface area contributed by atoms with Gasteiger partial charge in [-0.1, -0.05) is 0 Å². The second-order valence-electron chi connectivity index (χ2n) is 4.51. The standard InChI is InChI=1S/C12H17N3O3/c16-11(10-2-1-5-13-10)14-8-9-3-6-15(7-4-9)12(17)18/h1-2,5,9,13H,3-4,6-8H2,(H,14,16)(H,17,18). The Morgan fingerprint density at radius 3 is 2.72 bits per heavy atom. The Kier molecular flexibility index (Phi) is 3.86. The third-order valence-electron chi connectivity index (χ3n) is 3.28. The van der Waals surface area contributed by atoms with E-state index in [1.165, 1.54) is 4.90 Å². The van der Waals surface area contributed by atoms with Gasteiger partial charge in [0.2, 0.25) is 0 Å². The Morgan fingerprint density at radius 2 is 2.17 bits per heavy atom. The molecular formula is C12H17N3O3. The van der Waals surface area contributed by atoms with Crippen LogP contribution in [0, 0.1) is 5.92 Å². The van der Waals surface area contributed by atoms with Crippen molar-refractivity contribution in [2.24, 2.45) is 5.92 Å². The first-order chi connectivity index (χ1) is 8.66. The molecule has 2 amide bonds. The molecule has 0 unspecified atom stereocenters. The van der Waals surface area contributed by atoms with Gasteiger partial charge in [0.1, 0.15) is 5.69 Å². The van der Waals surface area contributed by atoms with Gasteiger partial charge in [0.25, 0.3) is 5.91 Å². The van der Waals surface area contributed by atoms with Crippen molar-refractivity contribution in [1.82, 2.24) is 15.2 Å². The van der Waals surface area contributed by atoms with Gasteiger partial charge in [0, 0.05) is 25.8 Å². The largest absolute Gasteiger partial charge is 0.465 e. The Labute approximate surface area is 105 Å². The molecule has 1 aliphatic heterocycles. The van der Waals surface area contributed by atoms with Gasteiger partial charge in [-0.15, -0.1) is 0 Å². The fourth-order valence-electron chi connectivity index (χ4n) is 2.13. The van der Waals surface area contributed by atoms with Crippen molar-refractivity contribution < 1.29 is 14.7 Å². The summed E-state index contributed by atoms with van der Waals surface area (Å²) in [5, 5.41) is 11.7. The maximum atomic E-state index is 11.7. The summed E-state index contributed by atoms with van der Waals surface area (Å²) in [5.74, 6) is 0.250. The summed E-state index contributed by atoms with van der Waals surface area (Å²) in [5.41, 5.74) is 0.554. The zero-order chi connectivity index (χ0) is 13.0. The van der Waals surface area contributed by atoms with Gasteiger partial charge in [-0.2, -0.15) is 0 Å². The van der Waals surface area contributed by atoms with Crippen LogP contribution in [-0.4, -0.2) is 46.6 Å². The van der Waals surface area contributed by atoms with E-state index in [2.05, 4.69) is 10.3 Å². The number of carbonyl (C=O) groups excluding carboxylic acids is 1. The van der Waals surface area contributed by atoms with E-state index in [0.717, 1.165) is 12.8 Å². The molecule has 0 spiro atoms. The maximum Gasteiger partial charge on any atom is 0.407 e. The summed E-state index contributed by atoms with van der Waals surface area (Å²) in [7, 11) is 0. The van der Waals surface area contributed by atoms with Crippen LogP contribution in [0.25, 0.3) is 0 Å². The Balaban J connectivity index is 1.72. The Bertz CT molecular complexity index is 408. The quantitative estimate of drug-likeness (QED) is 0.753. The number of nitrogens with one attached hydrogen (secondary N) is 2. The van der Waals surface area contributed by atoms with Crippen molar-refractivity contribution in [3.63, 3.8) is 0 Å². The lowest BCUT2D eigenvalue weighted by atomic mass is 9.97. The summed E-state index contributed by atoms with van der Waals surface area (Å²) in [4.78, 5) is 26.7. The van der Waals surface area contributed by atoms with Gasteiger partial charge in [0.05, 0.1) is 0 Å². The molecule has 1 fully saturated rings. The van der Waals surface area contributed by atoms with E-state index in [9.17, 15) is 9.59 Å². The number of hydrogen-bond donors (Lipinski definition) is 3. The van der Waals surface area contributed by atoms with E-state index in [1.54, 1.807) is 18.3 Å². The summed E-state index contributed by atoms with van der Waals surface area (Å²) in [6.07, 6.45) is 2.46. The third-order valence-corrected chi connectivity index (χ3v) is 3.28. The summed E-state index contributed by atoms with van der Waals surface area (Å²) in [6, 6.07) is 3.50. The zero-order valence-corrected chi connectivity index (χ0v) is 10.1. The van der Waals surface area contributed by atoms with Gasteiger partial charge >= 0.3 is 6.09 Å². The Morgan fingerprint density at radius 1 is 1.44 bits per heavy atom. The predicted octanol–water partition coefficient (Wildman–Crippen LogP) is 1.13. The van der Waals surface area contributed by atoms with Gasteiger partial charge < -0.3 is 20.3 Å². The summed E-state index contributed by atoms with van der Waals surface area (Å²) >= 11 is 0. The molecule has 0 aliphatic carbocycles. The van der Waals surface area contributed by atoms with Crippen molar-refractivity contribution in [2.75, 3.05) is 19.6 Å². The SMILES string of the molecule is O=C(NCC1CCN(C(=O)O)CC1)c1ccc[nH]1. The number of aromatic nitrogens is 1. The lowest BCUT2D eigenvalue weighted by molar-refractivity contribution is 0.0924. The zero-order valence-electron chi connectivity index (χ0n) is 10.1. The molecule has 0 radical (unpaired) electrons. The van der Waals surface area contributed by atoms with Crippen molar-refractivity contribution in [3.8, 4) is 0 Å². The van der Waals surface area contributed by atoms with E-state index < -0.39 is 6.09 Å². The first-order valence-electron chi connectivity index (χ1n) is 6.06. The molecule has 0 atom stereocenters. The van der Waals surface area contributed by atoms with Gasteiger partial charge in [0.15, 0.2) is 0 Å². The van der Waals surface area contributed by atoms with E-state index in [0.29, 0.717) is 31.2 Å². The highest BCUT2D eigenvalue weighted by Crippen LogP contribution is 2.16. The minimum absolute atomic E-state index is 0.110. The average Bonchev–Trinajstić information content (AvgIpc) is 2.90.